The van der Waals surface area contributed by atoms with Crippen molar-refractivity contribution in [2.75, 3.05) is 0 Å². The lowest BCUT2D eigenvalue weighted by Gasteiger charge is -2.39. The first-order valence-corrected chi connectivity index (χ1v) is 10.1. The molecule has 6 heteroatoms. The third-order valence-electron chi connectivity index (χ3n) is 5.64. The number of carbonyl (C=O) groups is 1. The SMILES string of the molecule is NS(=O)c1ccc(C(=O)N2C3CCC2CC(c2ccc(F)cc2)C3)cc1. The Morgan fingerprint density at radius 1 is 1.00 bits per heavy atom. The number of benzene rings is 2. The normalized spacial score (nSPS) is 25.9. The van der Waals surface area contributed by atoms with Gasteiger partial charge in [0.05, 0.1) is 4.90 Å². The summed E-state index contributed by atoms with van der Waals surface area (Å²) in [5, 5.41) is 5.37. The molecule has 2 aliphatic heterocycles. The van der Waals surface area contributed by atoms with E-state index in [4.69, 9.17) is 5.14 Å². The molecule has 0 spiro atoms. The number of fused-ring (bicyclic) bond motifs is 2. The second-order valence-electron chi connectivity index (χ2n) is 7.14. The molecule has 2 bridgehead atoms. The summed E-state index contributed by atoms with van der Waals surface area (Å²) < 4.78 is 24.5. The van der Waals surface area contributed by atoms with Crippen LogP contribution in [0.15, 0.2) is 53.4 Å². The molecular weight excluding hydrogens is 351 g/mol. The van der Waals surface area contributed by atoms with Crippen LogP contribution in [-0.2, 0) is 11.0 Å². The van der Waals surface area contributed by atoms with Crippen LogP contribution in [0.25, 0.3) is 0 Å². The zero-order valence-corrected chi connectivity index (χ0v) is 15.1. The molecule has 0 radical (unpaired) electrons. The van der Waals surface area contributed by atoms with Gasteiger partial charge in [0.15, 0.2) is 0 Å². The molecule has 26 heavy (non-hydrogen) atoms. The number of carbonyl (C=O) groups excluding carboxylic acids is 1. The van der Waals surface area contributed by atoms with Crippen molar-refractivity contribution in [3.63, 3.8) is 0 Å². The molecule has 4 nitrogen and oxygen atoms in total. The van der Waals surface area contributed by atoms with E-state index in [1.165, 1.54) is 12.1 Å². The fraction of sp³-hybridized carbons (Fsp3) is 0.350. The molecule has 2 N–H and O–H groups in total. The molecule has 3 atom stereocenters. The maximum atomic E-state index is 13.2. The van der Waals surface area contributed by atoms with Gasteiger partial charge in [-0.2, -0.15) is 0 Å². The molecule has 2 heterocycles. The quantitative estimate of drug-likeness (QED) is 0.898. The Balaban J connectivity index is 1.51. The van der Waals surface area contributed by atoms with Gasteiger partial charge in [0, 0.05) is 17.6 Å². The average molecular weight is 372 g/mol. The van der Waals surface area contributed by atoms with E-state index in [1.807, 2.05) is 17.0 Å². The first kappa shape index (κ1) is 17.4. The Hall–Kier alpha value is -2.05. The number of halogens is 1. The van der Waals surface area contributed by atoms with Gasteiger partial charge in [0.2, 0.25) is 0 Å². The molecule has 0 saturated carbocycles. The summed E-state index contributed by atoms with van der Waals surface area (Å²) in [5.41, 5.74) is 1.77. The minimum Gasteiger partial charge on any atom is -0.333 e. The van der Waals surface area contributed by atoms with Crippen LogP contribution in [0, 0.1) is 5.82 Å². The first-order valence-electron chi connectivity index (χ1n) is 8.87. The van der Waals surface area contributed by atoms with Gasteiger partial charge in [0.25, 0.3) is 5.91 Å². The number of hydrogen-bond donors (Lipinski definition) is 1. The smallest absolute Gasteiger partial charge is 0.254 e. The number of amides is 1. The maximum Gasteiger partial charge on any atom is 0.254 e. The molecule has 0 aliphatic carbocycles. The van der Waals surface area contributed by atoms with E-state index in [0.29, 0.717) is 16.4 Å². The Labute approximate surface area is 154 Å². The van der Waals surface area contributed by atoms with Crippen molar-refractivity contribution in [2.45, 2.75) is 48.6 Å². The number of hydrogen-bond acceptors (Lipinski definition) is 2. The van der Waals surface area contributed by atoms with Crippen molar-refractivity contribution in [3.05, 3.63) is 65.5 Å². The maximum absolute atomic E-state index is 13.2. The third-order valence-corrected chi connectivity index (χ3v) is 6.38. The molecule has 2 saturated heterocycles. The van der Waals surface area contributed by atoms with Crippen LogP contribution in [0.5, 0.6) is 0 Å². The van der Waals surface area contributed by atoms with E-state index >= 15 is 0 Å². The van der Waals surface area contributed by atoms with Gasteiger partial charge in [-0.3, -0.25) is 4.79 Å². The van der Waals surface area contributed by atoms with Crippen molar-refractivity contribution >= 4 is 16.9 Å². The van der Waals surface area contributed by atoms with E-state index in [2.05, 4.69) is 0 Å². The highest BCUT2D eigenvalue weighted by molar-refractivity contribution is 7.82. The Morgan fingerprint density at radius 3 is 2.12 bits per heavy atom. The zero-order valence-electron chi connectivity index (χ0n) is 14.3. The zero-order chi connectivity index (χ0) is 18.3. The number of nitrogens with two attached hydrogens (primary N) is 1. The van der Waals surface area contributed by atoms with E-state index in [-0.39, 0.29) is 23.8 Å². The monoisotopic (exact) mass is 372 g/mol. The van der Waals surface area contributed by atoms with E-state index < -0.39 is 11.0 Å². The predicted molar refractivity (Wildman–Crippen MR) is 98.4 cm³/mol. The van der Waals surface area contributed by atoms with E-state index in [9.17, 15) is 13.4 Å². The molecule has 2 aromatic rings. The van der Waals surface area contributed by atoms with Gasteiger partial charge in [-0.05, 0) is 73.6 Å². The summed E-state index contributed by atoms with van der Waals surface area (Å²) in [6, 6.07) is 13.9. The van der Waals surface area contributed by atoms with Crippen molar-refractivity contribution in [1.29, 1.82) is 0 Å². The van der Waals surface area contributed by atoms with Crippen molar-refractivity contribution in [3.8, 4) is 0 Å². The third kappa shape index (κ3) is 3.19. The standard InChI is InChI=1S/C20H21FN2O2S/c21-16-5-1-13(2-6-16)15-11-17-7-8-18(12-15)23(17)20(24)14-3-9-19(10-4-14)26(22)25/h1-6,9-10,15,17-18H,7-8,11-12,22H2. The lowest BCUT2D eigenvalue weighted by Crippen LogP contribution is -2.46. The van der Waals surface area contributed by atoms with Gasteiger partial charge in [0.1, 0.15) is 16.8 Å². The van der Waals surface area contributed by atoms with Crippen LogP contribution >= 0.6 is 0 Å². The summed E-state index contributed by atoms with van der Waals surface area (Å²) >= 11 is 0. The van der Waals surface area contributed by atoms with Gasteiger partial charge in [-0.15, -0.1) is 0 Å². The molecule has 2 fully saturated rings. The average Bonchev–Trinajstić information content (AvgIpc) is 2.91. The fourth-order valence-electron chi connectivity index (χ4n) is 4.40. The minimum absolute atomic E-state index is 0.0319. The van der Waals surface area contributed by atoms with Crippen molar-refractivity contribution in [2.24, 2.45) is 5.14 Å². The Morgan fingerprint density at radius 2 is 1.58 bits per heavy atom. The fourth-order valence-corrected chi connectivity index (χ4v) is 4.80. The molecule has 2 aliphatic rings. The van der Waals surface area contributed by atoms with Crippen LogP contribution in [0.4, 0.5) is 4.39 Å². The van der Waals surface area contributed by atoms with E-state index in [1.54, 1.807) is 24.3 Å². The summed E-state index contributed by atoms with van der Waals surface area (Å²) in [6.45, 7) is 0. The lowest BCUT2D eigenvalue weighted by atomic mass is 9.85. The molecular formula is C20H21FN2O2S. The first-order chi connectivity index (χ1) is 12.5. The summed E-state index contributed by atoms with van der Waals surface area (Å²) in [7, 11) is -1.54. The lowest BCUT2D eigenvalue weighted by molar-refractivity contribution is 0.0571. The highest BCUT2D eigenvalue weighted by Gasteiger charge is 2.43. The largest absolute Gasteiger partial charge is 0.333 e. The van der Waals surface area contributed by atoms with Crippen LogP contribution in [0.1, 0.15) is 47.5 Å². The number of rotatable bonds is 3. The summed E-state index contributed by atoms with van der Waals surface area (Å²) in [5.74, 6) is 0.190. The highest BCUT2D eigenvalue weighted by Crippen LogP contribution is 2.43. The van der Waals surface area contributed by atoms with E-state index in [0.717, 1.165) is 31.2 Å². The minimum atomic E-state index is -1.54. The van der Waals surface area contributed by atoms with Gasteiger partial charge < -0.3 is 4.90 Å². The van der Waals surface area contributed by atoms with Gasteiger partial charge in [-0.1, -0.05) is 12.1 Å². The van der Waals surface area contributed by atoms with Crippen LogP contribution < -0.4 is 5.14 Å². The number of piperidine rings is 1. The molecule has 1 amide bonds. The summed E-state index contributed by atoms with van der Waals surface area (Å²) in [6.07, 6.45) is 3.86. The van der Waals surface area contributed by atoms with Crippen LogP contribution in [0.2, 0.25) is 0 Å². The van der Waals surface area contributed by atoms with Gasteiger partial charge >= 0.3 is 0 Å². The molecule has 136 valence electrons. The predicted octanol–water partition coefficient (Wildman–Crippen LogP) is 3.36. The van der Waals surface area contributed by atoms with Gasteiger partial charge in [-0.25, -0.2) is 13.7 Å². The summed E-state index contributed by atoms with van der Waals surface area (Å²) in [4.78, 5) is 15.5. The molecule has 3 unspecified atom stereocenters. The van der Waals surface area contributed by atoms with Crippen molar-refractivity contribution < 1.29 is 13.4 Å². The Bertz CT molecular complexity index is 824. The second kappa shape index (κ2) is 6.93. The molecule has 2 aromatic carbocycles. The molecule has 4 rings (SSSR count). The Kier molecular flexibility index (Phi) is 4.63. The number of nitrogens with zero attached hydrogens (tertiary/aromatic N) is 1. The highest BCUT2D eigenvalue weighted by atomic mass is 32.2. The second-order valence-corrected chi connectivity index (χ2v) is 8.21. The topological polar surface area (TPSA) is 63.4 Å². The van der Waals surface area contributed by atoms with Crippen LogP contribution in [-0.4, -0.2) is 27.1 Å². The molecule has 0 aromatic heterocycles. The van der Waals surface area contributed by atoms with Crippen LogP contribution in [0.3, 0.4) is 0 Å². The van der Waals surface area contributed by atoms with Crippen molar-refractivity contribution in [1.82, 2.24) is 4.90 Å².